The number of nitrogens with zero attached hydrogens (tertiary/aromatic N) is 7. The van der Waals surface area contributed by atoms with E-state index in [1.54, 1.807) is 12.1 Å². The van der Waals surface area contributed by atoms with Gasteiger partial charge in [-0.2, -0.15) is 20.1 Å². The van der Waals surface area contributed by atoms with Gasteiger partial charge in [0.05, 0.1) is 10.6 Å². The summed E-state index contributed by atoms with van der Waals surface area (Å²) >= 11 is 0. The second kappa shape index (κ2) is 9.67. The van der Waals surface area contributed by atoms with E-state index in [4.69, 9.17) is 4.98 Å². The van der Waals surface area contributed by atoms with Crippen LogP contribution < -0.4 is 15.2 Å². The van der Waals surface area contributed by atoms with Crippen molar-refractivity contribution < 1.29 is 4.92 Å². The molecule has 164 valence electrons. The van der Waals surface area contributed by atoms with Gasteiger partial charge in [0.25, 0.3) is 5.69 Å². The number of benzene rings is 1. The van der Waals surface area contributed by atoms with Gasteiger partial charge in [0.15, 0.2) is 0 Å². The van der Waals surface area contributed by atoms with Crippen molar-refractivity contribution in [3.8, 4) is 0 Å². The summed E-state index contributed by atoms with van der Waals surface area (Å²) in [6, 6.07) is 6.31. The van der Waals surface area contributed by atoms with Gasteiger partial charge in [-0.1, -0.05) is 0 Å². The molecular weight excluding hydrogens is 396 g/mol. The van der Waals surface area contributed by atoms with Crippen LogP contribution in [0.5, 0.6) is 0 Å². The number of aromatic nitrogens is 3. The zero-order chi connectivity index (χ0) is 21.6. The standard InChI is InChI=1S/C21H28N8O2/c1-16(17-8-10-18(11-9-17)29(30)31)25-26-19-22-20(27-12-4-2-5-13-27)24-21(23-19)28-14-6-3-7-15-28/h8-11H,2-7,12-15H2,1H3,(H,22,23,24,26)/b25-16-. The van der Waals surface area contributed by atoms with Crippen LogP contribution in [0.3, 0.4) is 0 Å². The van der Waals surface area contributed by atoms with Crippen molar-refractivity contribution in [2.45, 2.75) is 45.4 Å². The predicted octanol–water partition coefficient (Wildman–Crippen LogP) is 3.60. The van der Waals surface area contributed by atoms with E-state index in [9.17, 15) is 10.1 Å². The molecule has 31 heavy (non-hydrogen) atoms. The van der Waals surface area contributed by atoms with Crippen LogP contribution in [-0.2, 0) is 0 Å². The van der Waals surface area contributed by atoms with Crippen molar-refractivity contribution in [3.63, 3.8) is 0 Å². The predicted molar refractivity (Wildman–Crippen MR) is 121 cm³/mol. The fraction of sp³-hybridized carbons (Fsp3) is 0.524. The van der Waals surface area contributed by atoms with E-state index in [0.717, 1.165) is 57.4 Å². The summed E-state index contributed by atoms with van der Waals surface area (Å²) in [7, 11) is 0. The molecule has 0 amide bonds. The van der Waals surface area contributed by atoms with Crippen molar-refractivity contribution >= 4 is 29.2 Å². The fourth-order valence-corrected chi connectivity index (χ4v) is 3.90. The smallest absolute Gasteiger partial charge is 0.269 e. The number of nitrogens with one attached hydrogen (secondary N) is 1. The largest absolute Gasteiger partial charge is 0.341 e. The van der Waals surface area contributed by atoms with Crippen LogP contribution in [0.4, 0.5) is 23.5 Å². The molecule has 4 rings (SSSR count). The van der Waals surface area contributed by atoms with Crippen LogP contribution >= 0.6 is 0 Å². The van der Waals surface area contributed by atoms with Gasteiger partial charge in [-0.15, -0.1) is 0 Å². The summed E-state index contributed by atoms with van der Waals surface area (Å²) in [6.07, 6.45) is 7.06. The van der Waals surface area contributed by atoms with E-state index in [1.165, 1.54) is 25.0 Å². The third-order valence-corrected chi connectivity index (χ3v) is 5.71. The van der Waals surface area contributed by atoms with Crippen molar-refractivity contribution in [1.82, 2.24) is 15.0 Å². The number of rotatable bonds is 6. The lowest BCUT2D eigenvalue weighted by Crippen LogP contribution is -2.34. The van der Waals surface area contributed by atoms with Gasteiger partial charge in [0.2, 0.25) is 17.8 Å². The average Bonchev–Trinajstić information content (AvgIpc) is 2.83. The van der Waals surface area contributed by atoms with E-state index in [1.807, 2.05) is 6.92 Å². The number of anilines is 3. The Morgan fingerprint density at radius 2 is 1.42 bits per heavy atom. The minimum Gasteiger partial charge on any atom is -0.341 e. The molecule has 2 aromatic rings. The molecule has 0 atom stereocenters. The molecule has 0 saturated carbocycles. The molecule has 1 aromatic carbocycles. The van der Waals surface area contributed by atoms with Crippen LogP contribution in [-0.4, -0.2) is 51.8 Å². The molecule has 2 aliphatic rings. The lowest BCUT2D eigenvalue weighted by molar-refractivity contribution is -0.384. The highest BCUT2D eigenvalue weighted by atomic mass is 16.6. The normalized spacial score (nSPS) is 17.5. The number of non-ortho nitro benzene ring substituents is 1. The van der Waals surface area contributed by atoms with E-state index < -0.39 is 4.92 Å². The van der Waals surface area contributed by atoms with Crippen LogP contribution in [0.25, 0.3) is 0 Å². The maximum absolute atomic E-state index is 10.9. The molecule has 2 saturated heterocycles. The Kier molecular flexibility index (Phi) is 6.54. The zero-order valence-corrected chi connectivity index (χ0v) is 17.8. The quantitative estimate of drug-likeness (QED) is 0.425. The van der Waals surface area contributed by atoms with E-state index >= 15 is 0 Å². The average molecular weight is 425 g/mol. The van der Waals surface area contributed by atoms with Gasteiger partial charge in [-0.05, 0) is 63.1 Å². The monoisotopic (exact) mass is 424 g/mol. The molecule has 0 spiro atoms. The van der Waals surface area contributed by atoms with E-state index in [2.05, 4.69) is 30.3 Å². The first-order valence-corrected chi connectivity index (χ1v) is 10.9. The third kappa shape index (κ3) is 5.25. The lowest BCUT2D eigenvalue weighted by atomic mass is 10.1. The van der Waals surface area contributed by atoms with Crippen LogP contribution in [0.15, 0.2) is 29.4 Å². The molecule has 1 N–H and O–H groups in total. The minimum atomic E-state index is -0.413. The lowest BCUT2D eigenvalue weighted by Gasteiger charge is -2.30. The van der Waals surface area contributed by atoms with Crippen molar-refractivity contribution in [2.24, 2.45) is 5.10 Å². The van der Waals surface area contributed by atoms with Gasteiger partial charge < -0.3 is 9.80 Å². The summed E-state index contributed by atoms with van der Waals surface area (Å²) in [5, 5.41) is 15.3. The Bertz CT molecular complexity index is 899. The second-order valence-electron chi connectivity index (χ2n) is 7.97. The molecule has 2 aliphatic heterocycles. The number of nitro benzene ring substituents is 1. The molecule has 0 unspecified atom stereocenters. The maximum atomic E-state index is 10.9. The minimum absolute atomic E-state index is 0.0549. The molecule has 10 heteroatoms. The molecule has 2 fully saturated rings. The van der Waals surface area contributed by atoms with Crippen molar-refractivity contribution in [3.05, 3.63) is 39.9 Å². The summed E-state index contributed by atoms with van der Waals surface area (Å²) in [5.41, 5.74) is 4.51. The number of nitro groups is 1. The Labute approximate surface area is 181 Å². The molecule has 0 bridgehead atoms. The van der Waals surface area contributed by atoms with Gasteiger partial charge in [0.1, 0.15) is 0 Å². The van der Waals surface area contributed by atoms with Crippen molar-refractivity contribution in [2.75, 3.05) is 41.4 Å². The Morgan fingerprint density at radius 3 is 1.90 bits per heavy atom. The zero-order valence-electron chi connectivity index (χ0n) is 17.8. The molecular formula is C21H28N8O2. The van der Waals surface area contributed by atoms with E-state index in [-0.39, 0.29) is 5.69 Å². The van der Waals surface area contributed by atoms with Gasteiger partial charge >= 0.3 is 0 Å². The first-order chi connectivity index (χ1) is 15.1. The Balaban J connectivity index is 1.56. The van der Waals surface area contributed by atoms with Crippen LogP contribution in [0, 0.1) is 10.1 Å². The molecule has 10 nitrogen and oxygen atoms in total. The summed E-state index contributed by atoms with van der Waals surface area (Å²) in [6.45, 7) is 5.65. The van der Waals surface area contributed by atoms with Crippen molar-refractivity contribution in [1.29, 1.82) is 0 Å². The molecule has 3 heterocycles. The van der Waals surface area contributed by atoms with Gasteiger partial charge in [-0.25, -0.2) is 5.43 Å². The number of piperidine rings is 2. The topological polar surface area (TPSA) is 113 Å². The molecule has 0 radical (unpaired) electrons. The fourth-order valence-electron chi connectivity index (χ4n) is 3.90. The highest BCUT2D eigenvalue weighted by Gasteiger charge is 2.20. The Hall–Kier alpha value is -3.30. The Morgan fingerprint density at radius 1 is 0.903 bits per heavy atom. The van der Waals surface area contributed by atoms with Gasteiger partial charge in [0, 0.05) is 38.3 Å². The SMILES string of the molecule is C/C(=N/Nc1nc(N2CCCCC2)nc(N2CCCCC2)n1)c1ccc([N+](=O)[O-])cc1. The number of hydrogen-bond donors (Lipinski definition) is 1. The molecule has 0 aliphatic carbocycles. The molecule has 1 aromatic heterocycles. The van der Waals surface area contributed by atoms with Crippen LogP contribution in [0.2, 0.25) is 0 Å². The van der Waals surface area contributed by atoms with E-state index in [0.29, 0.717) is 23.6 Å². The highest BCUT2D eigenvalue weighted by molar-refractivity contribution is 5.99. The summed E-state index contributed by atoms with van der Waals surface area (Å²) in [4.78, 5) is 28.9. The van der Waals surface area contributed by atoms with Crippen LogP contribution in [0.1, 0.15) is 51.0 Å². The number of hydrazone groups is 1. The second-order valence-corrected chi connectivity index (χ2v) is 7.97. The van der Waals surface area contributed by atoms with Gasteiger partial charge in [-0.3, -0.25) is 10.1 Å². The third-order valence-electron chi connectivity index (χ3n) is 5.71. The highest BCUT2D eigenvalue weighted by Crippen LogP contribution is 2.22. The maximum Gasteiger partial charge on any atom is 0.269 e. The first-order valence-electron chi connectivity index (χ1n) is 10.9. The first kappa shape index (κ1) is 21.0. The summed E-state index contributed by atoms with van der Waals surface area (Å²) < 4.78 is 0. The summed E-state index contributed by atoms with van der Waals surface area (Å²) in [5.74, 6) is 1.80. The number of hydrogen-bond acceptors (Lipinski definition) is 9.